The predicted octanol–water partition coefficient (Wildman–Crippen LogP) is 0.883. The minimum Gasteiger partial charge on any atom is -0.454 e. The summed E-state index contributed by atoms with van der Waals surface area (Å²) in [4.78, 5) is 33.1. The SMILES string of the molecule is CNC(=O)C1CN(Cc2ccc3c(c2)OCO3)CCN1C(=O)c1ccncc1. The van der Waals surface area contributed by atoms with Gasteiger partial charge in [-0.25, -0.2) is 0 Å². The lowest BCUT2D eigenvalue weighted by Gasteiger charge is -2.40. The van der Waals surface area contributed by atoms with Gasteiger partial charge in [-0.15, -0.1) is 0 Å². The predicted molar refractivity (Wildman–Crippen MR) is 101 cm³/mol. The number of hydrogen-bond donors (Lipinski definition) is 1. The van der Waals surface area contributed by atoms with E-state index in [1.165, 1.54) is 0 Å². The number of likely N-dealkylation sites (N-methyl/N-ethyl adjacent to an activating group) is 1. The van der Waals surface area contributed by atoms with E-state index in [1.807, 2.05) is 18.2 Å². The number of amides is 2. The van der Waals surface area contributed by atoms with Crippen LogP contribution in [0.5, 0.6) is 11.5 Å². The molecule has 1 aromatic carbocycles. The van der Waals surface area contributed by atoms with E-state index in [1.54, 1.807) is 36.5 Å². The zero-order valence-electron chi connectivity index (χ0n) is 15.6. The van der Waals surface area contributed by atoms with Crippen LogP contribution in [0, 0.1) is 0 Å². The standard InChI is InChI=1S/C20H22N4O4/c1-21-19(25)16-12-23(11-14-2-3-17-18(10-14)28-13-27-17)8-9-24(16)20(26)15-4-6-22-7-5-15/h2-7,10,16H,8-9,11-13H2,1H3,(H,21,25). The maximum atomic E-state index is 12.9. The number of nitrogens with zero attached hydrogens (tertiary/aromatic N) is 3. The van der Waals surface area contributed by atoms with Crippen molar-refractivity contribution in [1.29, 1.82) is 0 Å². The molecule has 1 aromatic heterocycles. The van der Waals surface area contributed by atoms with E-state index in [0.717, 1.165) is 17.1 Å². The van der Waals surface area contributed by atoms with Crippen LogP contribution >= 0.6 is 0 Å². The smallest absolute Gasteiger partial charge is 0.254 e. The Hall–Kier alpha value is -3.13. The van der Waals surface area contributed by atoms with Crippen molar-refractivity contribution >= 4 is 11.8 Å². The third kappa shape index (κ3) is 3.63. The molecule has 1 saturated heterocycles. The van der Waals surface area contributed by atoms with E-state index in [0.29, 0.717) is 31.7 Å². The monoisotopic (exact) mass is 382 g/mol. The Morgan fingerprint density at radius 3 is 2.71 bits per heavy atom. The van der Waals surface area contributed by atoms with E-state index in [2.05, 4.69) is 15.2 Å². The first-order valence-electron chi connectivity index (χ1n) is 9.19. The van der Waals surface area contributed by atoms with Gasteiger partial charge < -0.3 is 19.7 Å². The Kier molecular flexibility index (Phi) is 5.12. The van der Waals surface area contributed by atoms with E-state index in [4.69, 9.17) is 9.47 Å². The van der Waals surface area contributed by atoms with Crippen molar-refractivity contribution < 1.29 is 19.1 Å². The van der Waals surface area contributed by atoms with E-state index in [9.17, 15) is 9.59 Å². The van der Waals surface area contributed by atoms with E-state index in [-0.39, 0.29) is 18.6 Å². The van der Waals surface area contributed by atoms with Crippen LogP contribution in [0.2, 0.25) is 0 Å². The highest BCUT2D eigenvalue weighted by molar-refractivity contribution is 5.97. The Balaban J connectivity index is 1.48. The maximum absolute atomic E-state index is 12.9. The van der Waals surface area contributed by atoms with Crippen molar-refractivity contribution in [3.8, 4) is 11.5 Å². The fourth-order valence-corrected chi connectivity index (χ4v) is 3.57. The van der Waals surface area contributed by atoms with Gasteiger partial charge in [0, 0.05) is 51.2 Å². The van der Waals surface area contributed by atoms with E-state index >= 15 is 0 Å². The molecule has 3 heterocycles. The van der Waals surface area contributed by atoms with Crippen molar-refractivity contribution in [2.75, 3.05) is 33.5 Å². The largest absolute Gasteiger partial charge is 0.454 e. The fraction of sp³-hybridized carbons (Fsp3) is 0.350. The van der Waals surface area contributed by atoms with Crippen molar-refractivity contribution in [1.82, 2.24) is 20.1 Å². The first kappa shape index (κ1) is 18.2. The summed E-state index contributed by atoms with van der Waals surface area (Å²) in [5.41, 5.74) is 1.61. The minimum atomic E-state index is -0.548. The first-order chi connectivity index (χ1) is 13.7. The quantitative estimate of drug-likeness (QED) is 0.845. The molecule has 4 rings (SSSR count). The number of pyridine rings is 1. The number of ether oxygens (including phenoxy) is 2. The molecule has 0 bridgehead atoms. The fourth-order valence-electron chi connectivity index (χ4n) is 3.57. The summed E-state index contributed by atoms with van der Waals surface area (Å²) >= 11 is 0. The third-order valence-electron chi connectivity index (χ3n) is 5.04. The molecular weight excluding hydrogens is 360 g/mol. The van der Waals surface area contributed by atoms with Crippen LogP contribution in [0.4, 0.5) is 0 Å². The highest BCUT2D eigenvalue weighted by atomic mass is 16.7. The molecule has 0 saturated carbocycles. The average molecular weight is 382 g/mol. The average Bonchev–Trinajstić information content (AvgIpc) is 3.21. The summed E-state index contributed by atoms with van der Waals surface area (Å²) in [7, 11) is 1.59. The molecule has 1 unspecified atom stereocenters. The van der Waals surface area contributed by atoms with Gasteiger partial charge in [-0.1, -0.05) is 6.07 Å². The van der Waals surface area contributed by atoms with Crippen LogP contribution in [0.15, 0.2) is 42.7 Å². The van der Waals surface area contributed by atoms with Crippen molar-refractivity contribution in [3.63, 3.8) is 0 Å². The van der Waals surface area contributed by atoms with Gasteiger partial charge in [0.15, 0.2) is 11.5 Å². The van der Waals surface area contributed by atoms with Gasteiger partial charge in [-0.3, -0.25) is 19.5 Å². The van der Waals surface area contributed by atoms with Crippen molar-refractivity contribution in [2.45, 2.75) is 12.6 Å². The molecule has 1 atom stereocenters. The number of hydrogen-bond acceptors (Lipinski definition) is 6. The van der Waals surface area contributed by atoms with Crippen molar-refractivity contribution in [3.05, 3.63) is 53.9 Å². The number of carbonyl (C=O) groups excluding carboxylic acids is 2. The van der Waals surface area contributed by atoms with Crippen LogP contribution in [0.3, 0.4) is 0 Å². The molecule has 8 heteroatoms. The number of carbonyl (C=O) groups is 2. The Morgan fingerprint density at radius 2 is 1.93 bits per heavy atom. The lowest BCUT2D eigenvalue weighted by atomic mass is 10.1. The summed E-state index contributed by atoms with van der Waals surface area (Å²) in [6, 6.07) is 8.65. The molecule has 1 fully saturated rings. The second-order valence-corrected chi connectivity index (χ2v) is 6.79. The van der Waals surface area contributed by atoms with Gasteiger partial charge in [0.1, 0.15) is 6.04 Å². The molecule has 2 aliphatic heterocycles. The van der Waals surface area contributed by atoms with Gasteiger partial charge in [0.25, 0.3) is 5.91 Å². The van der Waals surface area contributed by atoms with Crippen LogP contribution in [0.25, 0.3) is 0 Å². The second kappa shape index (κ2) is 7.85. The molecular formula is C20H22N4O4. The zero-order chi connectivity index (χ0) is 19.5. The number of nitrogens with one attached hydrogen (secondary N) is 1. The number of piperazine rings is 1. The van der Waals surface area contributed by atoms with Gasteiger partial charge in [0.2, 0.25) is 12.7 Å². The van der Waals surface area contributed by atoms with Crippen LogP contribution in [-0.2, 0) is 11.3 Å². The molecule has 0 aliphatic carbocycles. The molecule has 8 nitrogen and oxygen atoms in total. The highest BCUT2D eigenvalue weighted by Crippen LogP contribution is 2.33. The molecule has 0 spiro atoms. The molecule has 2 aliphatic rings. The normalized spacial score (nSPS) is 18.8. The zero-order valence-corrected chi connectivity index (χ0v) is 15.6. The van der Waals surface area contributed by atoms with Crippen LogP contribution in [0.1, 0.15) is 15.9 Å². The van der Waals surface area contributed by atoms with Crippen molar-refractivity contribution in [2.24, 2.45) is 0 Å². The number of rotatable bonds is 4. The maximum Gasteiger partial charge on any atom is 0.254 e. The number of benzene rings is 1. The second-order valence-electron chi connectivity index (χ2n) is 6.79. The Labute approximate surface area is 163 Å². The van der Waals surface area contributed by atoms with Gasteiger partial charge in [0.05, 0.1) is 0 Å². The lowest BCUT2D eigenvalue weighted by Crippen LogP contribution is -2.60. The summed E-state index contributed by atoms with van der Waals surface area (Å²) < 4.78 is 10.8. The van der Waals surface area contributed by atoms with Crippen LogP contribution < -0.4 is 14.8 Å². The number of fused-ring (bicyclic) bond motifs is 1. The third-order valence-corrected chi connectivity index (χ3v) is 5.04. The van der Waals surface area contributed by atoms with Crippen LogP contribution in [-0.4, -0.2) is 66.1 Å². The summed E-state index contributed by atoms with van der Waals surface area (Å²) in [5.74, 6) is 1.17. The van der Waals surface area contributed by atoms with Gasteiger partial charge in [-0.05, 0) is 29.8 Å². The molecule has 2 amide bonds. The van der Waals surface area contributed by atoms with E-state index < -0.39 is 6.04 Å². The highest BCUT2D eigenvalue weighted by Gasteiger charge is 2.35. The van der Waals surface area contributed by atoms with Gasteiger partial charge in [-0.2, -0.15) is 0 Å². The summed E-state index contributed by atoms with van der Waals surface area (Å²) in [6.45, 7) is 2.53. The molecule has 1 N–H and O–H groups in total. The molecule has 2 aromatic rings. The molecule has 0 radical (unpaired) electrons. The summed E-state index contributed by atoms with van der Waals surface area (Å²) in [5, 5.41) is 2.68. The number of aromatic nitrogens is 1. The van der Waals surface area contributed by atoms with Gasteiger partial charge >= 0.3 is 0 Å². The topological polar surface area (TPSA) is 84.0 Å². The molecule has 146 valence electrons. The lowest BCUT2D eigenvalue weighted by molar-refractivity contribution is -0.127. The minimum absolute atomic E-state index is 0.154. The first-order valence-corrected chi connectivity index (χ1v) is 9.19. The Bertz CT molecular complexity index is 874. The Morgan fingerprint density at radius 1 is 1.14 bits per heavy atom. The molecule has 28 heavy (non-hydrogen) atoms. The summed E-state index contributed by atoms with van der Waals surface area (Å²) in [6.07, 6.45) is 3.16.